The second-order valence-corrected chi connectivity index (χ2v) is 5.28. The van der Waals surface area contributed by atoms with E-state index in [4.69, 9.17) is 4.74 Å². The molecule has 0 radical (unpaired) electrons. The highest BCUT2D eigenvalue weighted by Gasteiger charge is 2.37. The number of carbonyl (C=O) groups is 1. The number of nitrogens with zero attached hydrogens (tertiary/aromatic N) is 1. The number of carbonyl (C=O) groups excluding carboxylic acids is 1. The number of hydrogen-bond acceptors (Lipinski definition) is 3. The molecule has 1 atom stereocenters. The summed E-state index contributed by atoms with van der Waals surface area (Å²) in [6.45, 7) is 3.49. The van der Waals surface area contributed by atoms with Crippen LogP contribution in [0.1, 0.15) is 25.7 Å². The molecule has 1 aliphatic carbocycles. The highest BCUT2D eigenvalue weighted by Crippen LogP contribution is 2.34. The third-order valence-corrected chi connectivity index (χ3v) is 3.90. The van der Waals surface area contributed by atoms with E-state index in [-0.39, 0.29) is 0 Å². The maximum Gasteiger partial charge on any atom is 0.223 e. The number of ether oxygens (including phenoxy) is 1. The van der Waals surface area contributed by atoms with Gasteiger partial charge in [0, 0.05) is 26.1 Å². The lowest BCUT2D eigenvalue weighted by atomic mass is 10.0. The number of hydrogen-bond donors (Lipinski definition) is 1. The van der Waals surface area contributed by atoms with Crippen molar-refractivity contribution >= 4 is 5.91 Å². The van der Waals surface area contributed by atoms with E-state index in [1.165, 1.54) is 12.8 Å². The van der Waals surface area contributed by atoms with Crippen molar-refractivity contribution in [2.75, 3.05) is 26.3 Å². The van der Waals surface area contributed by atoms with Crippen LogP contribution in [-0.2, 0) is 9.53 Å². The maximum atomic E-state index is 12.3. The van der Waals surface area contributed by atoms with Gasteiger partial charge in [-0.05, 0) is 25.2 Å². The fraction of sp³-hybridized carbons (Fsp3) is 0.917. The summed E-state index contributed by atoms with van der Waals surface area (Å²) < 4.78 is 5.41. The minimum absolute atomic E-state index is 0.346. The van der Waals surface area contributed by atoms with E-state index in [0.717, 1.165) is 39.1 Å². The highest BCUT2D eigenvalue weighted by atomic mass is 16.5. The zero-order valence-corrected chi connectivity index (χ0v) is 9.65. The van der Waals surface area contributed by atoms with E-state index < -0.39 is 0 Å². The van der Waals surface area contributed by atoms with Crippen LogP contribution < -0.4 is 5.32 Å². The minimum Gasteiger partial charge on any atom is -0.379 e. The average molecular weight is 224 g/mol. The summed E-state index contributed by atoms with van der Waals surface area (Å²) in [4.78, 5) is 14.4. The molecule has 1 amide bonds. The zero-order chi connectivity index (χ0) is 11.0. The second kappa shape index (κ2) is 4.34. The first-order valence-electron chi connectivity index (χ1n) is 6.44. The van der Waals surface area contributed by atoms with Crippen LogP contribution in [0.2, 0.25) is 0 Å². The Morgan fingerprint density at radius 3 is 2.56 bits per heavy atom. The molecule has 1 unspecified atom stereocenters. The smallest absolute Gasteiger partial charge is 0.223 e. The molecule has 2 saturated heterocycles. The lowest BCUT2D eigenvalue weighted by Crippen LogP contribution is -2.62. The standard InChI is InChI=1S/C12H20N2O2/c15-12(5-9-1-2-9)14(11-6-13-7-11)10-3-4-16-8-10/h9-11,13H,1-8H2. The van der Waals surface area contributed by atoms with Crippen LogP contribution >= 0.6 is 0 Å². The van der Waals surface area contributed by atoms with Gasteiger partial charge in [-0.3, -0.25) is 4.79 Å². The van der Waals surface area contributed by atoms with E-state index in [1.807, 2.05) is 0 Å². The van der Waals surface area contributed by atoms with Gasteiger partial charge in [-0.25, -0.2) is 0 Å². The van der Waals surface area contributed by atoms with Crippen molar-refractivity contribution in [2.24, 2.45) is 5.92 Å². The Labute approximate surface area is 96.3 Å². The van der Waals surface area contributed by atoms with Crippen molar-refractivity contribution in [3.8, 4) is 0 Å². The minimum atomic E-state index is 0.346. The maximum absolute atomic E-state index is 12.3. The molecule has 4 heteroatoms. The summed E-state index contributed by atoms with van der Waals surface area (Å²) in [7, 11) is 0. The molecule has 90 valence electrons. The van der Waals surface area contributed by atoms with Gasteiger partial charge in [-0.15, -0.1) is 0 Å². The van der Waals surface area contributed by atoms with Gasteiger partial charge >= 0.3 is 0 Å². The van der Waals surface area contributed by atoms with Crippen molar-refractivity contribution < 1.29 is 9.53 Å². The van der Waals surface area contributed by atoms with Gasteiger partial charge in [0.1, 0.15) is 0 Å². The largest absolute Gasteiger partial charge is 0.379 e. The molecule has 0 bridgehead atoms. The van der Waals surface area contributed by atoms with Crippen LogP contribution in [0.15, 0.2) is 0 Å². The van der Waals surface area contributed by atoms with Gasteiger partial charge in [-0.1, -0.05) is 0 Å². The Kier molecular flexibility index (Phi) is 2.86. The third kappa shape index (κ3) is 2.09. The fourth-order valence-electron chi connectivity index (χ4n) is 2.59. The predicted molar refractivity (Wildman–Crippen MR) is 60.1 cm³/mol. The molecule has 0 aromatic carbocycles. The molecule has 1 N–H and O–H groups in total. The van der Waals surface area contributed by atoms with Gasteiger partial charge in [0.15, 0.2) is 0 Å². The van der Waals surface area contributed by atoms with Crippen molar-refractivity contribution in [3.05, 3.63) is 0 Å². The Morgan fingerprint density at radius 1 is 1.25 bits per heavy atom. The number of rotatable bonds is 4. The zero-order valence-electron chi connectivity index (χ0n) is 9.65. The van der Waals surface area contributed by atoms with E-state index in [2.05, 4.69) is 10.2 Å². The molecule has 2 heterocycles. The van der Waals surface area contributed by atoms with Gasteiger partial charge < -0.3 is 15.0 Å². The predicted octanol–water partition coefficient (Wildman–Crippen LogP) is 0.376. The fourth-order valence-corrected chi connectivity index (χ4v) is 2.59. The van der Waals surface area contributed by atoms with Crippen LogP contribution in [0, 0.1) is 5.92 Å². The summed E-state index contributed by atoms with van der Waals surface area (Å²) in [6, 6.07) is 0.774. The van der Waals surface area contributed by atoms with Crippen LogP contribution in [0.5, 0.6) is 0 Å². The molecule has 4 nitrogen and oxygen atoms in total. The van der Waals surface area contributed by atoms with Gasteiger partial charge in [0.05, 0.1) is 18.7 Å². The Morgan fingerprint density at radius 2 is 2.06 bits per heavy atom. The lowest BCUT2D eigenvalue weighted by Gasteiger charge is -2.41. The molecule has 1 saturated carbocycles. The summed E-state index contributed by atoms with van der Waals surface area (Å²) in [6.07, 6.45) is 4.30. The highest BCUT2D eigenvalue weighted by molar-refractivity contribution is 5.77. The van der Waals surface area contributed by atoms with Gasteiger partial charge in [0.2, 0.25) is 5.91 Å². The Balaban J connectivity index is 1.64. The SMILES string of the molecule is O=C(CC1CC1)N(C1CNC1)C1CCOC1. The molecule has 0 aromatic heterocycles. The first kappa shape index (κ1) is 10.5. The van der Waals surface area contributed by atoms with Crippen molar-refractivity contribution in [1.82, 2.24) is 10.2 Å². The number of amides is 1. The third-order valence-electron chi connectivity index (χ3n) is 3.90. The molecule has 0 spiro atoms. The van der Waals surface area contributed by atoms with E-state index in [9.17, 15) is 4.79 Å². The average Bonchev–Trinajstić information content (AvgIpc) is 2.84. The molecule has 3 rings (SSSR count). The normalized spacial score (nSPS) is 30.1. The Bertz CT molecular complexity index is 268. The molecule has 3 fully saturated rings. The van der Waals surface area contributed by atoms with Gasteiger partial charge in [0.25, 0.3) is 0 Å². The lowest BCUT2D eigenvalue weighted by molar-refractivity contribution is -0.138. The molecule has 0 aromatic rings. The molecule has 2 aliphatic heterocycles. The summed E-state index contributed by atoms with van der Waals surface area (Å²) in [5.41, 5.74) is 0. The Hall–Kier alpha value is -0.610. The first-order chi connectivity index (χ1) is 7.84. The van der Waals surface area contributed by atoms with Crippen molar-refractivity contribution in [2.45, 2.75) is 37.8 Å². The van der Waals surface area contributed by atoms with Crippen LogP contribution in [0.25, 0.3) is 0 Å². The van der Waals surface area contributed by atoms with Crippen LogP contribution in [0.4, 0.5) is 0 Å². The van der Waals surface area contributed by atoms with E-state index >= 15 is 0 Å². The van der Waals surface area contributed by atoms with Crippen LogP contribution in [-0.4, -0.2) is 49.2 Å². The quantitative estimate of drug-likeness (QED) is 0.750. The van der Waals surface area contributed by atoms with Crippen LogP contribution in [0.3, 0.4) is 0 Å². The second-order valence-electron chi connectivity index (χ2n) is 5.28. The first-order valence-corrected chi connectivity index (χ1v) is 6.44. The van der Waals surface area contributed by atoms with Crippen molar-refractivity contribution in [1.29, 1.82) is 0 Å². The monoisotopic (exact) mass is 224 g/mol. The summed E-state index contributed by atoms with van der Waals surface area (Å²) >= 11 is 0. The summed E-state index contributed by atoms with van der Waals surface area (Å²) in [5, 5.41) is 3.25. The topological polar surface area (TPSA) is 41.6 Å². The molecular weight excluding hydrogens is 204 g/mol. The molecule has 16 heavy (non-hydrogen) atoms. The molecule has 3 aliphatic rings. The van der Waals surface area contributed by atoms with Gasteiger partial charge in [-0.2, -0.15) is 0 Å². The van der Waals surface area contributed by atoms with E-state index in [0.29, 0.717) is 23.9 Å². The molecular formula is C12H20N2O2. The number of nitrogens with one attached hydrogen (secondary N) is 1. The van der Waals surface area contributed by atoms with E-state index in [1.54, 1.807) is 0 Å². The summed E-state index contributed by atoms with van der Waals surface area (Å²) in [5.74, 6) is 1.05. The van der Waals surface area contributed by atoms with Crippen molar-refractivity contribution in [3.63, 3.8) is 0 Å².